The third kappa shape index (κ3) is 3.44. The summed E-state index contributed by atoms with van der Waals surface area (Å²) >= 11 is 0. The van der Waals surface area contributed by atoms with E-state index in [1.165, 1.54) is 0 Å². The number of carbonyl (C=O) groups excluding carboxylic acids is 1. The number of pyridine rings is 1. The van der Waals surface area contributed by atoms with Gasteiger partial charge in [-0.3, -0.25) is 4.79 Å². The lowest BCUT2D eigenvalue weighted by atomic mass is 10.0. The van der Waals surface area contributed by atoms with Crippen molar-refractivity contribution in [2.75, 3.05) is 12.4 Å². The molecule has 1 heterocycles. The van der Waals surface area contributed by atoms with Crippen LogP contribution in [-0.2, 0) is 4.79 Å². The molecule has 0 fully saturated rings. The first-order valence-corrected chi connectivity index (χ1v) is 5.94. The Morgan fingerprint density at radius 3 is 2.59 bits per heavy atom. The van der Waals surface area contributed by atoms with Crippen LogP contribution in [0.4, 0.5) is 5.82 Å². The molecule has 4 heteroatoms. The highest BCUT2D eigenvalue weighted by Crippen LogP contribution is 2.23. The molecule has 1 aromatic heterocycles. The van der Waals surface area contributed by atoms with Crippen molar-refractivity contribution in [2.45, 2.75) is 33.6 Å². The Bertz CT molecular complexity index is 387. The van der Waals surface area contributed by atoms with Gasteiger partial charge in [0.05, 0.1) is 7.11 Å². The van der Waals surface area contributed by atoms with Crippen LogP contribution in [0.15, 0.2) is 12.1 Å². The summed E-state index contributed by atoms with van der Waals surface area (Å²) in [7, 11) is 1.57. The Morgan fingerprint density at radius 1 is 1.41 bits per heavy atom. The fourth-order valence-electron chi connectivity index (χ4n) is 1.68. The van der Waals surface area contributed by atoms with Crippen LogP contribution in [0.25, 0.3) is 0 Å². The van der Waals surface area contributed by atoms with E-state index in [-0.39, 0.29) is 11.8 Å². The lowest BCUT2D eigenvalue weighted by Gasteiger charge is -2.14. The Kier molecular flexibility index (Phi) is 4.94. The molecular weight excluding hydrogens is 216 g/mol. The minimum Gasteiger partial charge on any atom is -0.493 e. The van der Waals surface area contributed by atoms with Gasteiger partial charge in [0.2, 0.25) is 5.91 Å². The number of ether oxygens (including phenoxy) is 1. The predicted octanol–water partition coefficient (Wildman–Crippen LogP) is 2.77. The number of hydrogen-bond acceptors (Lipinski definition) is 3. The summed E-state index contributed by atoms with van der Waals surface area (Å²) in [6.07, 6.45) is 1.66. The van der Waals surface area contributed by atoms with Crippen LogP contribution in [0, 0.1) is 12.8 Å². The van der Waals surface area contributed by atoms with Gasteiger partial charge in [-0.1, -0.05) is 13.8 Å². The van der Waals surface area contributed by atoms with Gasteiger partial charge in [-0.05, 0) is 31.9 Å². The lowest BCUT2D eigenvalue weighted by molar-refractivity contribution is -0.120. The average molecular weight is 236 g/mol. The number of amides is 1. The standard InChI is InChI=1S/C13H20N2O2/c1-5-10(6-2)13(16)15-12-11(17-4)8-7-9(3)14-12/h7-8,10H,5-6H2,1-4H3,(H,14,15,16). The van der Waals surface area contributed by atoms with Crippen molar-refractivity contribution in [1.29, 1.82) is 0 Å². The van der Waals surface area contributed by atoms with Crippen molar-refractivity contribution in [3.05, 3.63) is 17.8 Å². The minimum absolute atomic E-state index is 0.00593. The Morgan fingerprint density at radius 2 is 2.06 bits per heavy atom. The summed E-state index contributed by atoms with van der Waals surface area (Å²) in [6.45, 7) is 5.90. The van der Waals surface area contributed by atoms with Crippen molar-refractivity contribution < 1.29 is 9.53 Å². The lowest BCUT2D eigenvalue weighted by Crippen LogP contribution is -2.22. The quantitative estimate of drug-likeness (QED) is 0.855. The van der Waals surface area contributed by atoms with E-state index in [0.29, 0.717) is 11.6 Å². The van der Waals surface area contributed by atoms with E-state index in [9.17, 15) is 4.79 Å². The van der Waals surface area contributed by atoms with Crippen molar-refractivity contribution in [1.82, 2.24) is 4.98 Å². The second-order valence-electron chi connectivity index (χ2n) is 4.01. The topological polar surface area (TPSA) is 51.2 Å². The average Bonchev–Trinajstić information content (AvgIpc) is 2.31. The minimum atomic E-state index is 0.00593. The molecule has 1 aromatic rings. The van der Waals surface area contributed by atoms with Gasteiger partial charge in [0.25, 0.3) is 0 Å². The van der Waals surface area contributed by atoms with Crippen LogP contribution in [0.5, 0.6) is 5.75 Å². The largest absolute Gasteiger partial charge is 0.493 e. The molecule has 0 spiro atoms. The molecule has 1 rings (SSSR count). The van der Waals surface area contributed by atoms with E-state index in [4.69, 9.17) is 4.74 Å². The van der Waals surface area contributed by atoms with E-state index in [2.05, 4.69) is 10.3 Å². The fraction of sp³-hybridized carbons (Fsp3) is 0.538. The van der Waals surface area contributed by atoms with Crippen molar-refractivity contribution >= 4 is 11.7 Å². The number of aromatic nitrogens is 1. The third-order valence-electron chi connectivity index (χ3n) is 2.82. The smallest absolute Gasteiger partial charge is 0.228 e. The van der Waals surface area contributed by atoms with Gasteiger partial charge in [-0.2, -0.15) is 0 Å². The number of hydrogen-bond donors (Lipinski definition) is 1. The summed E-state index contributed by atoms with van der Waals surface area (Å²) in [5.74, 6) is 1.13. The Labute approximate surface area is 102 Å². The zero-order valence-electron chi connectivity index (χ0n) is 10.9. The van der Waals surface area contributed by atoms with E-state index < -0.39 is 0 Å². The maximum Gasteiger partial charge on any atom is 0.228 e. The first-order chi connectivity index (χ1) is 8.12. The molecular formula is C13H20N2O2. The predicted molar refractivity (Wildman–Crippen MR) is 68.2 cm³/mol. The highest BCUT2D eigenvalue weighted by atomic mass is 16.5. The van der Waals surface area contributed by atoms with Crippen molar-refractivity contribution in [2.24, 2.45) is 5.92 Å². The SMILES string of the molecule is CCC(CC)C(=O)Nc1nc(C)ccc1OC. The van der Waals surface area contributed by atoms with Crippen molar-refractivity contribution in [3.8, 4) is 5.75 Å². The molecule has 0 unspecified atom stereocenters. The summed E-state index contributed by atoms with van der Waals surface area (Å²) in [5, 5.41) is 2.83. The van der Waals surface area contributed by atoms with Gasteiger partial charge in [0.1, 0.15) is 0 Å². The normalized spacial score (nSPS) is 10.4. The second-order valence-corrected chi connectivity index (χ2v) is 4.01. The van der Waals surface area contributed by atoms with E-state index >= 15 is 0 Å². The van der Waals surface area contributed by atoms with E-state index in [1.807, 2.05) is 32.9 Å². The van der Waals surface area contributed by atoms with Crippen LogP contribution < -0.4 is 10.1 Å². The molecule has 0 aliphatic carbocycles. The van der Waals surface area contributed by atoms with Crippen LogP contribution in [0.1, 0.15) is 32.4 Å². The van der Waals surface area contributed by atoms with Crippen LogP contribution in [0.3, 0.4) is 0 Å². The number of carbonyl (C=O) groups is 1. The molecule has 1 amide bonds. The van der Waals surface area contributed by atoms with Gasteiger partial charge < -0.3 is 10.1 Å². The molecule has 0 bridgehead atoms. The zero-order chi connectivity index (χ0) is 12.8. The van der Waals surface area contributed by atoms with Gasteiger partial charge in [0, 0.05) is 11.6 Å². The van der Waals surface area contributed by atoms with Crippen LogP contribution in [0.2, 0.25) is 0 Å². The van der Waals surface area contributed by atoms with Gasteiger partial charge in [-0.25, -0.2) is 4.98 Å². The monoisotopic (exact) mass is 236 g/mol. The highest BCUT2D eigenvalue weighted by molar-refractivity contribution is 5.92. The third-order valence-corrected chi connectivity index (χ3v) is 2.82. The molecule has 0 saturated heterocycles. The zero-order valence-corrected chi connectivity index (χ0v) is 10.9. The van der Waals surface area contributed by atoms with Gasteiger partial charge in [0.15, 0.2) is 11.6 Å². The molecule has 0 aliphatic heterocycles. The number of aryl methyl sites for hydroxylation is 1. The van der Waals surface area contributed by atoms with Crippen LogP contribution >= 0.6 is 0 Å². The number of methoxy groups -OCH3 is 1. The molecule has 0 radical (unpaired) electrons. The van der Waals surface area contributed by atoms with Crippen molar-refractivity contribution in [3.63, 3.8) is 0 Å². The van der Waals surface area contributed by atoms with E-state index in [0.717, 1.165) is 18.5 Å². The molecule has 94 valence electrons. The molecule has 0 atom stereocenters. The number of rotatable bonds is 5. The van der Waals surface area contributed by atoms with Gasteiger partial charge in [-0.15, -0.1) is 0 Å². The molecule has 4 nitrogen and oxygen atoms in total. The summed E-state index contributed by atoms with van der Waals surface area (Å²) in [4.78, 5) is 16.2. The Hall–Kier alpha value is -1.58. The fourth-order valence-corrected chi connectivity index (χ4v) is 1.68. The maximum atomic E-state index is 11.9. The first-order valence-electron chi connectivity index (χ1n) is 5.94. The molecule has 0 saturated carbocycles. The summed E-state index contributed by atoms with van der Waals surface area (Å²) in [6, 6.07) is 3.66. The highest BCUT2D eigenvalue weighted by Gasteiger charge is 2.16. The molecule has 17 heavy (non-hydrogen) atoms. The number of nitrogens with one attached hydrogen (secondary N) is 1. The molecule has 0 aromatic carbocycles. The van der Waals surface area contributed by atoms with Crippen LogP contribution in [-0.4, -0.2) is 18.0 Å². The number of anilines is 1. The Balaban J connectivity index is 2.86. The number of nitrogens with zero attached hydrogens (tertiary/aromatic N) is 1. The molecule has 1 N–H and O–H groups in total. The van der Waals surface area contributed by atoms with Gasteiger partial charge >= 0.3 is 0 Å². The maximum absolute atomic E-state index is 11.9. The summed E-state index contributed by atoms with van der Waals surface area (Å²) < 4.78 is 5.17. The van der Waals surface area contributed by atoms with E-state index in [1.54, 1.807) is 7.11 Å². The summed E-state index contributed by atoms with van der Waals surface area (Å²) in [5.41, 5.74) is 0.852. The second kappa shape index (κ2) is 6.23. The molecule has 0 aliphatic rings. The first kappa shape index (κ1) is 13.5.